The van der Waals surface area contributed by atoms with Gasteiger partial charge in [-0.3, -0.25) is 0 Å². The van der Waals surface area contributed by atoms with E-state index < -0.39 is 25.1 Å². The summed E-state index contributed by atoms with van der Waals surface area (Å²) in [6.45, 7) is 0.182. The molecular weight excluding hydrogens is 418 g/mol. The topological polar surface area (TPSA) is 71.5 Å². The maximum absolute atomic E-state index is 13.1. The summed E-state index contributed by atoms with van der Waals surface area (Å²) in [5, 5.41) is -0.289. The summed E-state index contributed by atoms with van der Waals surface area (Å²) in [4.78, 5) is 0.438. The van der Waals surface area contributed by atoms with Crippen LogP contribution in [-0.2, 0) is 32.7 Å². The van der Waals surface area contributed by atoms with Crippen LogP contribution in [0.2, 0.25) is 5.02 Å². The summed E-state index contributed by atoms with van der Waals surface area (Å²) < 4.78 is 53.2. The van der Waals surface area contributed by atoms with Crippen LogP contribution in [-0.4, -0.2) is 39.5 Å². The molecule has 4 rings (SSSR count). The third-order valence-electron chi connectivity index (χ3n) is 5.65. The predicted octanol–water partition coefficient (Wildman–Crippen LogP) is 3.46. The van der Waals surface area contributed by atoms with E-state index in [0.29, 0.717) is 5.02 Å². The highest BCUT2D eigenvalue weighted by Crippen LogP contribution is 2.30. The lowest BCUT2D eigenvalue weighted by atomic mass is 9.92. The van der Waals surface area contributed by atoms with Crippen molar-refractivity contribution in [2.75, 3.05) is 13.1 Å². The van der Waals surface area contributed by atoms with Crippen molar-refractivity contribution < 1.29 is 16.8 Å². The Hall–Kier alpha value is -1.41. The molecule has 2 aromatic rings. The van der Waals surface area contributed by atoms with E-state index in [0.717, 1.165) is 31.2 Å². The minimum atomic E-state index is -3.71. The van der Waals surface area contributed by atoms with Gasteiger partial charge in [-0.05, 0) is 79.6 Å². The fraction of sp³-hybridized carbons (Fsp3) is 0.400. The van der Waals surface area contributed by atoms with E-state index >= 15 is 0 Å². The Balaban J connectivity index is 1.57. The van der Waals surface area contributed by atoms with Crippen LogP contribution in [0.5, 0.6) is 0 Å². The predicted molar refractivity (Wildman–Crippen MR) is 109 cm³/mol. The number of hydrogen-bond donors (Lipinski definition) is 0. The average Bonchev–Trinajstić information content (AvgIpc) is 3.20. The standard InChI is InChI=1S/C20H22ClNO4S2/c21-17-6-9-18(10-7-17)27(23,24)20-11-12-22(14-20)28(25,26)19-8-5-15-3-1-2-4-16(15)13-19/h5-10,13,20H,1-4,11-12,14H2/t20-/m1/s1. The summed E-state index contributed by atoms with van der Waals surface area (Å²) in [5.41, 5.74) is 2.31. The van der Waals surface area contributed by atoms with Gasteiger partial charge in [-0.25, -0.2) is 16.8 Å². The summed E-state index contributed by atoms with van der Waals surface area (Å²) in [7, 11) is -7.32. The maximum Gasteiger partial charge on any atom is 0.243 e. The highest BCUT2D eigenvalue weighted by atomic mass is 35.5. The number of aryl methyl sites for hydroxylation is 2. The van der Waals surface area contributed by atoms with Gasteiger partial charge in [0.1, 0.15) is 0 Å². The van der Waals surface area contributed by atoms with Crippen molar-refractivity contribution in [1.82, 2.24) is 4.31 Å². The van der Waals surface area contributed by atoms with Gasteiger partial charge in [0.25, 0.3) is 0 Å². The second-order valence-electron chi connectivity index (χ2n) is 7.41. The zero-order valence-electron chi connectivity index (χ0n) is 15.3. The number of hydrogen-bond acceptors (Lipinski definition) is 4. The third-order valence-corrected chi connectivity index (χ3v) is 9.95. The smallest absolute Gasteiger partial charge is 0.223 e. The molecule has 28 heavy (non-hydrogen) atoms. The minimum Gasteiger partial charge on any atom is -0.223 e. The van der Waals surface area contributed by atoms with Crippen LogP contribution in [0.25, 0.3) is 0 Å². The molecule has 0 amide bonds. The number of rotatable bonds is 4. The second kappa shape index (κ2) is 7.44. The lowest BCUT2D eigenvalue weighted by molar-refractivity contribution is 0.476. The second-order valence-corrected chi connectivity index (χ2v) is 12.0. The SMILES string of the molecule is O=S(=O)(c1ccc(Cl)cc1)[C@@H]1CCN(S(=O)(=O)c2ccc3c(c2)CCCC3)C1. The molecule has 1 fully saturated rings. The van der Waals surface area contributed by atoms with Crippen LogP contribution in [0.3, 0.4) is 0 Å². The molecule has 1 aliphatic heterocycles. The fourth-order valence-electron chi connectivity index (χ4n) is 4.01. The van der Waals surface area contributed by atoms with Crippen molar-refractivity contribution in [2.45, 2.75) is 47.1 Å². The molecular formula is C20H22ClNO4S2. The monoisotopic (exact) mass is 439 g/mol. The molecule has 0 radical (unpaired) electrons. The molecule has 0 N–H and O–H groups in total. The summed E-state index contributed by atoms with van der Waals surface area (Å²) >= 11 is 5.84. The molecule has 0 aromatic heterocycles. The van der Waals surface area contributed by atoms with Crippen molar-refractivity contribution in [1.29, 1.82) is 0 Å². The lowest BCUT2D eigenvalue weighted by Gasteiger charge is -2.20. The Morgan fingerprint density at radius 3 is 2.21 bits per heavy atom. The quantitative estimate of drug-likeness (QED) is 0.731. The fourth-order valence-corrected chi connectivity index (χ4v) is 7.47. The van der Waals surface area contributed by atoms with Crippen molar-refractivity contribution in [3.05, 3.63) is 58.6 Å². The first-order valence-corrected chi connectivity index (χ1v) is 12.8. The van der Waals surface area contributed by atoms with Gasteiger partial charge in [-0.15, -0.1) is 0 Å². The first-order valence-electron chi connectivity index (χ1n) is 9.40. The van der Waals surface area contributed by atoms with Crippen molar-refractivity contribution in [3.63, 3.8) is 0 Å². The molecule has 1 saturated heterocycles. The molecule has 0 saturated carbocycles. The maximum atomic E-state index is 13.1. The van der Waals surface area contributed by atoms with E-state index in [2.05, 4.69) is 0 Å². The van der Waals surface area contributed by atoms with Gasteiger partial charge in [0.05, 0.1) is 15.0 Å². The number of benzene rings is 2. The van der Waals surface area contributed by atoms with E-state index in [1.54, 1.807) is 12.1 Å². The van der Waals surface area contributed by atoms with Crippen LogP contribution < -0.4 is 0 Å². The molecule has 2 aromatic carbocycles. The molecule has 2 aliphatic rings. The highest BCUT2D eigenvalue weighted by molar-refractivity contribution is 7.92. The van der Waals surface area contributed by atoms with Crippen LogP contribution in [0, 0.1) is 0 Å². The zero-order valence-corrected chi connectivity index (χ0v) is 17.7. The van der Waals surface area contributed by atoms with Crippen LogP contribution in [0.4, 0.5) is 0 Å². The van der Waals surface area contributed by atoms with Gasteiger partial charge < -0.3 is 0 Å². The van der Waals surface area contributed by atoms with E-state index in [1.807, 2.05) is 6.07 Å². The van der Waals surface area contributed by atoms with E-state index in [-0.39, 0.29) is 29.3 Å². The van der Waals surface area contributed by atoms with Gasteiger partial charge in [0.2, 0.25) is 10.0 Å². The normalized spacial score (nSPS) is 20.8. The Bertz CT molecular complexity index is 1100. The molecule has 8 heteroatoms. The van der Waals surface area contributed by atoms with E-state index in [1.165, 1.54) is 34.1 Å². The average molecular weight is 440 g/mol. The highest BCUT2D eigenvalue weighted by Gasteiger charge is 2.39. The number of nitrogens with zero attached hydrogens (tertiary/aromatic N) is 1. The molecule has 0 spiro atoms. The Kier molecular flexibility index (Phi) is 5.29. The van der Waals surface area contributed by atoms with E-state index in [9.17, 15) is 16.8 Å². The van der Waals surface area contributed by atoms with Crippen molar-refractivity contribution in [2.24, 2.45) is 0 Å². The first-order chi connectivity index (χ1) is 13.3. The first kappa shape index (κ1) is 19.9. The van der Waals surface area contributed by atoms with E-state index in [4.69, 9.17) is 11.6 Å². The van der Waals surface area contributed by atoms with Crippen LogP contribution >= 0.6 is 11.6 Å². The molecule has 1 atom stereocenters. The lowest BCUT2D eigenvalue weighted by Crippen LogP contribution is -2.32. The summed E-state index contributed by atoms with van der Waals surface area (Å²) in [6.07, 6.45) is 4.37. The molecule has 1 aliphatic carbocycles. The molecule has 150 valence electrons. The molecule has 0 bridgehead atoms. The number of sulfonamides is 1. The van der Waals surface area contributed by atoms with Gasteiger partial charge >= 0.3 is 0 Å². The van der Waals surface area contributed by atoms with Gasteiger partial charge in [-0.1, -0.05) is 17.7 Å². The van der Waals surface area contributed by atoms with Crippen molar-refractivity contribution >= 4 is 31.5 Å². The van der Waals surface area contributed by atoms with Crippen LogP contribution in [0.15, 0.2) is 52.3 Å². The zero-order chi connectivity index (χ0) is 19.9. The number of sulfone groups is 1. The molecule has 0 unspecified atom stereocenters. The summed E-state index contributed by atoms with van der Waals surface area (Å²) in [5.74, 6) is 0. The van der Waals surface area contributed by atoms with Crippen LogP contribution in [0.1, 0.15) is 30.4 Å². The molecule has 5 nitrogen and oxygen atoms in total. The third kappa shape index (κ3) is 3.61. The minimum absolute atomic E-state index is 0.0234. The largest absolute Gasteiger partial charge is 0.243 e. The van der Waals surface area contributed by atoms with Crippen molar-refractivity contribution in [3.8, 4) is 0 Å². The Morgan fingerprint density at radius 2 is 1.50 bits per heavy atom. The molecule has 1 heterocycles. The Labute approximate surface area is 171 Å². The summed E-state index contributed by atoms with van der Waals surface area (Å²) in [6, 6.07) is 11.3. The number of halogens is 1. The Morgan fingerprint density at radius 1 is 0.857 bits per heavy atom. The van der Waals surface area contributed by atoms with Gasteiger partial charge in [0.15, 0.2) is 9.84 Å². The number of fused-ring (bicyclic) bond motifs is 1. The van der Waals surface area contributed by atoms with Gasteiger partial charge in [0, 0.05) is 18.1 Å². The van der Waals surface area contributed by atoms with Gasteiger partial charge in [-0.2, -0.15) is 4.31 Å².